The smallest absolute Gasteiger partial charge is 0.193 e. The molecule has 2 aromatic heterocycles. The largest absolute Gasteiger partial charge is 0.356 e. The molecular weight excluding hydrogens is 535 g/mol. The van der Waals surface area contributed by atoms with Crippen LogP contribution in [0.3, 0.4) is 0 Å². The summed E-state index contributed by atoms with van der Waals surface area (Å²) in [7, 11) is 1.91. The van der Waals surface area contributed by atoms with Crippen LogP contribution in [0.25, 0.3) is 5.65 Å². The van der Waals surface area contributed by atoms with Gasteiger partial charge in [-0.15, -0.1) is 24.0 Å². The van der Waals surface area contributed by atoms with Crippen LogP contribution in [0.4, 0.5) is 0 Å². The van der Waals surface area contributed by atoms with E-state index in [2.05, 4.69) is 86.3 Å². The van der Waals surface area contributed by atoms with Gasteiger partial charge in [-0.25, -0.2) is 4.98 Å². The Morgan fingerprint density at radius 2 is 1.97 bits per heavy atom. The molecule has 0 amide bonds. The Hall–Kier alpha value is -2.13. The summed E-state index contributed by atoms with van der Waals surface area (Å²) in [6.07, 6.45) is 8.93. The lowest BCUT2D eigenvalue weighted by molar-refractivity contribution is 0.0373. The number of aryl methyl sites for hydroxylation is 1. The maximum atomic E-state index is 4.81. The molecule has 5 rings (SSSR count). The van der Waals surface area contributed by atoms with Gasteiger partial charge >= 0.3 is 0 Å². The van der Waals surface area contributed by atoms with Crippen LogP contribution in [-0.4, -0.2) is 64.4 Å². The van der Waals surface area contributed by atoms with Crippen molar-refractivity contribution in [3.8, 4) is 0 Å². The molecule has 6 nitrogen and oxygen atoms in total. The molecule has 0 saturated carbocycles. The van der Waals surface area contributed by atoms with Crippen LogP contribution < -0.4 is 5.32 Å². The highest BCUT2D eigenvalue weighted by atomic mass is 127. The van der Waals surface area contributed by atoms with E-state index in [-0.39, 0.29) is 24.0 Å². The average molecular weight is 573 g/mol. The minimum Gasteiger partial charge on any atom is -0.356 e. The number of halogens is 1. The number of piperidine rings is 2. The molecule has 2 aliphatic rings. The second-order valence-corrected chi connectivity index (χ2v) is 9.54. The minimum absolute atomic E-state index is 0. The third-order valence-electron chi connectivity index (χ3n) is 7.31. The monoisotopic (exact) mass is 572 g/mol. The predicted molar refractivity (Wildman–Crippen MR) is 150 cm³/mol. The zero-order valence-electron chi connectivity index (χ0n) is 20.4. The Morgan fingerprint density at radius 3 is 2.76 bits per heavy atom. The molecule has 2 fully saturated rings. The molecular formula is C27H37IN6. The molecule has 0 spiro atoms. The van der Waals surface area contributed by atoms with E-state index >= 15 is 0 Å². The molecule has 7 heteroatoms. The maximum absolute atomic E-state index is 4.81. The molecule has 34 heavy (non-hydrogen) atoms. The SMILES string of the molecule is CN=C(NCCc1cn2cccc(C)c2n1)N1CCC2C(CCCN2Cc2ccccc2)C1.I. The summed E-state index contributed by atoms with van der Waals surface area (Å²) < 4.78 is 2.12. The van der Waals surface area contributed by atoms with Crippen LogP contribution in [0.5, 0.6) is 0 Å². The zero-order chi connectivity index (χ0) is 22.6. The van der Waals surface area contributed by atoms with Crippen molar-refractivity contribution in [3.05, 3.63) is 71.7 Å². The Labute approximate surface area is 220 Å². The fraction of sp³-hybridized carbons (Fsp3) is 0.481. The zero-order valence-corrected chi connectivity index (χ0v) is 22.7. The van der Waals surface area contributed by atoms with Gasteiger partial charge in [0.1, 0.15) is 5.65 Å². The van der Waals surface area contributed by atoms with Gasteiger partial charge in [-0.2, -0.15) is 0 Å². The Balaban J connectivity index is 0.00000274. The Morgan fingerprint density at radius 1 is 1.12 bits per heavy atom. The van der Waals surface area contributed by atoms with Crippen LogP contribution >= 0.6 is 24.0 Å². The van der Waals surface area contributed by atoms with Crippen LogP contribution in [0, 0.1) is 12.8 Å². The first kappa shape index (κ1) is 25.0. The van der Waals surface area contributed by atoms with Crippen molar-refractivity contribution in [2.45, 2.75) is 45.2 Å². The topological polar surface area (TPSA) is 48.2 Å². The lowest BCUT2D eigenvalue weighted by Crippen LogP contribution is -2.56. The van der Waals surface area contributed by atoms with E-state index in [4.69, 9.17) is 4.98 Å². The summed E-state index contributed by atoms with van der Waals surface area (Å²) in [5, 5.41) is 3.61. The molecule has 182 valence electrons. The number of nitrogens with zero attached hydrogens (tertiary/aromatic N) is 5. The van der Waals surface area contributed by atoms with Gasteiger partial charge < -0.3 is 14.6 Å². The van der Waals surface area contributed by atoms with Crippen molar-refractivity contribution in [3.63, 3.8) is 0 Å². The van der Waals surface area contributed by atoms with Gasteiger partial charge in [-0.1, -0.05) is 36.4 Å². The molecule has 0 bridgehead atoms. The van der Waals surface area contributed by atoms with Crippen LogP contribution in [0.2, 0.25) is 0 Å². The van der Waals surface area contributed by atoms with Crippen molar-refractivity contribution in [1.82, 2.24) is 24.5 Å². The normalized spacial score (nSPS) is 21.2. The van der Waals surface area contributed by atoms with Crippen LogP contribution in [-0.2, 0) is 13.0 Å². The first-order valence-electron chi connectivity index (χ1n) is 12.4. The van der Waals surface area contributed by atoms with Crippen molar-refractivity contribution in [2.75, 3.05) is 33.2 Å². The van der Waals surface area contributed by atoms with E-state index in [1.807, 2.05) is 7.05 Å². The quantitative estimate of drug-likeness (QED) is 0.281. The number of aliphatic imine (C=N–C) groups is 1. The number of benzene rings is 1. The molecule has 0 radical (unpaired) electrons. The molecule has 2 unspecified atom stereocenters. The van der Waals surface area contributed by atoms with Gasteiger partial charge in [0.05, 0.1) is 5.69 Å². The summed E-state index contributed by atoms with van der Waals surface area (Å²) in [6, 6.07) is 15.8. The maximum Gasteiger partial charge on any atom is 0.193 e. The first-order chi connectivity index (χ1) is 16.2. The summed E-state index contributed by atoms with van der Waals surface area (Å²) >= 11 is 0. The highest BCUT2D eigenvalue weighted by Gasteiger charge is 2.36. The minimum atomic E-state index is 0. The number of nitrogens with one attached hydrogen (secondary N) is 1. The fourth-order valence-corrected chi connectivity index (χ4v) is 5.67. The molecule has 2 saturated heterocycles. The van der Waals surface area contributed by atoms with Gasteiger partial charge in [0.25, 0.3) is 0 Å². The summed E-state index contributed by atoms with van der Waals surface area (Å²) in [4.78, 5) is 14.6. The fourth-order valence-electron chi connectivity index (χ4n) is 5.67. The van der Waals surface area contributed by atoms with Gasteiger partial charge in [-0.05, 0) is 55.8 Å². The third-order valence-corrected chi connectivity index (χ3v) is 7.31. The molecule has 0 aliphatic carbocycles. The molecule has 1 aromatic carbocycles. The van der Waals surface area contributed by atoms with Crippen molar-refractivity contribution in [2.24, 2.45) is 10.9 Å². The van der Waals surface area contributed by atoms with E-state index in [9.17, 15) is 0 Å². The number of fused-ring (bicyclic) bond motifs is 2. The number of guanidine groups is 1. The molecule has 2 atom stereocenters. The van der Waals surface area contributed by atoms with E-state index in [0.29, 0.717) is 6.04 Å². The summed E-state index contributed by atoms with van der Waals surface area (Å²) in [5.74, 6) is 1.75. The van der Waals surface area contributed by atoms with Crippen molar-refractivity contribution < 1.29 is 0 Å². The standard InChI is InChI=1S/C27H36N6.HI/c1-21-8-6-16-32-20-24(30-26(21)32)12-14-29-27(28-2)33-17-13-25-23(19-33)11-7-15-31(25)18-22-9-4-3-5-10-22;/h3-6,8-10,16,20,23,25H,7,11-15,17-19H2,1-2H3,(H,28,29);1H. The lowest BCUT2D eigenvalue weighted by Gasteiger charge is -2.48. The molecule has 4 heterocycles. The number of hydrogen-bond donors (Lipinski definition) is 1. The van der Waals surface area contributed by atoms with Gasteiger partial charge in [0.15, 0.2) is 5.96 Å². The summed E-state index contributed by atoms with van der Waals surface area (Å²) in [5.41, 5.74) is 4.82. The van der Waals surface area contributed by atoms with Gasteiger partial charge in [0.2, 0.25) is 0 Å². The number of likely N-dealkylation sites (tertiary alicyclic amines) is 2. The predicted octanol–water partition coefficient (Wildman–Crippen LogP) is 4.37. The number of hydrogen-bond acceptors (Lipinski definition) is 3. The van der Waals surface area contributed by atoms with Crippen LogP contribution in [0.1, 0.15) is 36.1 Å². The first-order valence-corrected chi connectivity index (χ1v) is 12.4. The van der Waals surface area contributed by atoms with E-state index in [0.717, 1.165) is 55.8 Å². The van der Waals surface area contributed by atoms with Crippen molar-refractivity contribution in [1.29, 1.82) is 0 Å². The average Bonchev–Trinajstić information content (AvgIpc) is 3.27. The van der Waals surface area contributed by atoms with Gasteiger partial charge in [0, 0.05) is 58.1 Å². The van der Waals surface area contributed by atoms with Gasteiger partial charge in [-0.3, -0.25) is 9.89 Å². The molecule has 1 N–H and O–H groups in total. The number of rotatable bonds is 5. The second kappa shape index (κ2) is 11.5. The Kier molecular flexibility index (Phi) is 8.47. The van der Waals surface area contributed by atoms with Crippen molar-refractivity contribution >= 4 is 35.6 Å². The molecule has 3 aromatic rings. The number of aromatic nitrogens is 2. The second-order valence-electron chi connectivity index (χ2n) is 9.54. The van der Waals surface area contributed by atoms with E-state index < -0.39 is 0 Å². The van der Waals surface area contributed by atoms with E-state index in [1.54, 1.807) is 0 Å². The lowest BCUT2D eigenvalue weighted by atomic mass is 9.83. The number of pyridine rings is 1. The van der Waals surface area contributed by atoms with Crippen LogP contribution in [0.15, 0.2) is 59.9 Å². The third kappa shape index (κ3) is 5.57. The highest BCUT2D eigenvalue weighted by molar-refractivity contribution is 14.0. The highest BCUT2D eigenvalue weighted by Crippen LogP contribution is 2.31. The summed E-state index contributed by atoms with van der Waals surface area (Å²) in [6.45, 7) is 7.43. The van der Waals surface area contributed by atoms with E-state index in [1.165, 1.54) is 36.9 Å². The Bertz CT molecular complexity index is 1090. The number of imidazole rings is 1. The molecule has 2 aliphatic heterocycles.